The minimum Gasteiger partial charge on any atom is -0.497 e. The van der Waals surface area contributed by atoms with Crippen LogP contribution in [0, 0.1) is 0 Å². The number of piperazine rings is 1. The van der Waals surface area contributed by atoms with E-state index >= 15 is 0 Å². The van der Waals surface area contributed by atoms with E-state index in [2.05, 4.69) is 40.1 Å². The Kier molecular flexibility index (Phi) is 9.60. The summed E-state index contributed by atoms with van der Waals surface area (Å²) in [5, 5.41) is 0. The van der Waals surface area contributed by atoms with Gasteiger partial charge in [-0.2, -0.15) is 11.8 Å². The normalized spacial score (nSPS) is 17.8. The number of esters is 1. The summed E-state index contributed by atoms with van der Waals surface area (Å²) in [7, 11) is 3.19. The monoisotopic (exact) mass is 498 g/mol. The van der Waals surface area contributed by atoms with Gasteiger partial charge in [-0.1, -0.05) is 31.0 Å². The van der Waals surface area contributed by atoms with E-state index in [1.165, 1.54) is 37.9 Å². The van der Waals surface area contributed by atoms with Crippen LogP contribution in [0.5, 0.6) is 11.5 Å². The van der Waals surface area contributed by atoms with Gasteiger partial charge in [0.1, 0.15) is 23.2 Å². The number of anilines is 1. The van der Waals surface area contributed by atoms with Gasteiger partial charge in [-0.15, -0.1) is 0 Å². The number of thioether (sulfide) groups is 1. The van der Waals surface area contributed by atoms with Crippen molar-refractivity contribution in [1.82, 2.24) is 4.90 Å². The Labute approximate surface area is 213 Å². The first-order chi connectivity index (χ1) is 17.2. The van der Waals surface area contributed by atoms with Crippen molar-refractivity contribution in [3.05, 3.63) is 53.6 Å². The van der Waals surface area contributed by atoms with E-state index in [-0.39, 0.29) is 12.1 Å². The number of hydrogen-bond donors (Lipinski definition) is 0. The summed E-state index contributed by atoms with van der Waals surface area (Å²) < 4.78 is 16.4. The molecule has 0 N–H and O–H groups in total. The lowest BCUT2D eigenvalue weighted by Gasteiger charge is -2.36. The lowest BCUT2D eigenvalue weighted by atomic mass is 10.0. The SMILES string of the molecule is COc1cc(OC)c2c(c1)C(CCSCCCCCCN1CCN(c3ccccc3)CC1)OC2=O. The number of para-hydroxylation sites is 1. The molecule has 6 nitrogen and oxygen atoms in total. The fourth-order valence-corrected chi connectivity index (χ4v) is 5.88. The molecule has 190 valence electrons. The zero-order valence-corrected chi connectivity index (χ0v) is 21.9. The number of hydrogen-bond acceptors (Lipinski definition) is 7. The van der Waals surface area contributed by atoms with Gasteiger partial charge in [-0.25, -0.2) is 4.79 Å². The number of rotatable bonds is 13. The third-order valence-electron chi connectivity index (χ3n) is 6.89. The fraction of sp³-hybridized carbons (Fsp3) is 0.536. The number of unbranched alkanes of at least 4 members (excludes halogenated alkanes) is 3. The Morgan fingerprint density at radius 2 is 1.71 bits per heavy atom. The molecule has 7 heteroatoms. The van der Waals surface area contributed by atoms with Gasteiger partial charge >= 0.3 is 5.97 Å². The molecule has 2 heterocycles. The van der Waals surface area contributed by atoms with Crippen LogP contribution in [0.4, 0.5) is 5.69 Å². The molecule has 2 aromatic carbocycles. The maximum Gasteiger partial charge on any atom is 0.342 e. The van der Waals surface area contributed by atoms with E-state index in [1.807, 2.05) is 17.8 Å². The summed E-state index contributed by atoms with van der Waals surface area (Å²) in [5.41, 5.74) is 2.78. The molecule has 2 aliphatic heterocycles. The van der Waals surface area contributed by atoms with E-state index in [0.717, 1.165) is 49.7 Å². The third-order valence-corrected chi connectivity index (χ3v) is 7.99. The van der Waals surface area contributed by atoms with E-state index < -0.39 is 0 Å². The van der Waals surface area contributed by atoms with Crippen molar-refractivity contribution in [2.45, 2.75) is 38.2 Å². The van der Waals surface area contributed by atoms with Crippen LogP contribution in [0.3, 0.4) is 0 Å². The predicted molar refractivity (Wildman–Crippen MR) is 143 cm³/mol. The van der Waals surface area contributed by atoms with Gasteiger partial charge in [0.25, 0.3) is 0 Å². The Morgan fingerprint density at radius 1 is 0.943 bits per heavy atom. The third kappa shape index (κ3) is 6.85. The molecule has 0 amide bonds. The second-order valence-electron chi connectivity index (χ2n) is 9.17. The summed E-state index contributed by atoms with van der Waals surface area (Å²) in [4.78, 5) is 17.4. The molecule has 1 saturated heterocycles. The number of carbonyl (C=O) groups is 1. The molecule has 2 aliphatic rings. The molecule has 1 fully saturated rings. The van der Waals surface area contributed by atoms with Crippen LogP contribution >= 0.6 is 11.8 Å². The molecule has 0 aromatic heterocycles. The molecule has 35 heavy (non-hydrogen) atoms. The van der Waals surface area contributed by atoms with E-state index in [4.69, 9.17) is 14.2 Å². The summed E-state index contributed by atoms with van der Waals surface area (Å²) in [6.45, 7) is 5.80. The average molecular weight is 499 g/mol. The van der Waals surface area contributed by atoms with Crippen molar-refractivity contribution < 1.29 is 19.0 Å². The van der Waals surface area contributed by atoms with Gasteiger partial charge in [0.15, 0.2) is 0 Å². The summed E-state index contributed by atoms with van der Waals surface area (Å²) >= 11 is 1.95. The van der Waals surface area contributed by atoms with Gasteiger partial charge < -0.3 is 19.1 Å². The van der Waals surface area contributed by atoms with Crippen LogP contribution in [-0.4, -0.2) is 69.3 Å². The summed E-state index contributed by atoms with van der Waals surface area (Å²) in [6, 6.07) is 14.4. The highest BCUT2D eigenvalue weighted by Gasteiger charge is 2.34. The molecule has 1 atom stereocenters. The molecule has 2 aromatic rings. The van der Waals surface area contributed by atoms with E-state index in [9.17, 15) is 4.79 Å². The van der Waals surface area contributed by atoms with Crippen molar-refractivity contribution in [3.8, 4) is 11.5 Å². The largest absolute Gasteiger partial charge is 0.497 e. The Morgan fingerprint density at radius 3 is 2.46 bits per heavy atom. The highest BCUT2D eigenvalue weighted by molar-refractivity contribution is 7.99. The van der Waals surface area contributed by atoms with Crippen LogP contribution in [0.2, 0.25) is 0 Å². The molecular weight excluding hydrogens is 460 g/mol. The minimum absolute atomic E-state index is 0.212. The average Bonchev–Trinajstić information content (AvgIpc) is 3.23. The zero-order valence-electron chi connectivity index (χ0n) is 21.0. The maximum absolute atomic E-state index is 12.3. The topological polar surface area (TPSA) is 51.2 Å². The lowest BCUT2D eigenvalue weighted by molar-refractivity contribution is 0.0379. The number of benzene rings is 2. The van der Waals surface area contributed by atoms with Crippen LogP contribution in [0.15, 0.2) is 42.5 Å². The molecule has 0 radical (unpaired) electrons. The van der Waals surface area contributed by atoms with Crippen LogP contribution in [-0.2, 0) is 4.74 Å². The van der Waals surface area contributed by atoms with Crippen LogP contribution < -0.4 is 14.4 Å². The van der Waals surface area contributed by atoms with Gasteiger partial charge in [-0.05, 0) is 55.5 Å². The van der Waals surface area contributed by atoms with Gasteiger partial charge in [0, 0.05) is 43.5 Å². The first kappa shape index (κ1) is 25.7. The maximum atomic E-state index is 12.3. The molecule has 0 aliphatic carbocycles. The van der Waals surface area contributed by atoms with Gasteiger partial charge in [0.2, 0.25) is 0 Å². The van der Waals surface area contributed by atoms with Gasteiger partial charge in [-0.3, -0.25) is 4.90 Å². The van der Waals surface area contributed by atoms with Crippen LogP contribution in [0.25, 0.3) is 0 Å². The standard InChI is InChI=1S/C28H38N2O4S/c1-32-23-20-24-25(34-28(31)27(24)26(21-23)33-2)12-19-35-18-9-4-3-8-13-29-14-16-30(17-15-29)22-10-6-5-7-11-22/h5-7,10-11,20-21,25H,3-4,8-9,12-19H2,1-2H3. The number of fused-ring (bicyclic) bond motifs is 1. The van der Waals surface area contributed by atoms with Gasteiger partial charge in [0.05, 0.1) is 14.2 Å². The molecule has 0 spiro atoms. The fourth-order valence-electron chi connectivity index (χ4n) is 4.88. The van der Waals surface area contributed by atoms with Crippen molar-refractivity contribution in [2.24, 2.45) is 0 Å². The molecular formula is C28H38N2O4S. The highest BCUT2D eigenvalue weighted by Crippen LogP contribution is 2.41. The Hall–Kier alpha value is -2.38. The van der Waals surface area contributed by atoms with Crippen molar-refractivity contribution in [3.63, 3.8) is 0 Å². The second-order valence-corrected chi connectivity index (χ2v) is 10.4. The Balaban J connectivity index is 1.06. The van der Waals surface area contributed by atoms with E-state index in [0.29, 0.717) is 17.1 Å². The summed E-state index contributed by atoms with van der Waals surface area (Å²) in [5.74, 6) is 3.05. The number of carbonyl (C=O) groups excluding carboxylic acids is 1. The highest BCUT2D eigenvalue weighted by atomic mass is 32.2. The predicted octanol–water partition coefficient (Wildman–Crippen LogP) is 5.42. The summed E-state index contributed by atoms with van der Waals surface area (Å²) in [6.07, 6.45) is 5.72. The van der Waals surface area contributed by atoms with Crippen molar-refractivity contribution in [1.29, 1.82) is 0 Å². The Bertz CT molecular complexity index is 947. The minimum atomic E-state index is -0.295. The molecule has 1 unspecified atom stereocenters. The number of cyclic esters (lactones) is 1. The lowest BCUT2D eigenvalue weighted by Crippen LogP contribution is -2.46. The van der Waals surface area contributed by atoms with Crippen molar-refractivity contribution in [2.75, 3.05) is 63.3 Å². The van der Waals surface area contributed by atoms with E-state index in [1.54, 1.807) is 20.3 Å². The first-order valence-electron chi connectivity index (χ1n) is 12.8. The smallest absolute Gasteiger partial charge is 0.342 e. The molecule has 0 saturated carbocycles. The number of nitrogens with zero attached hydrogens (tertiary/aromatic N) is 2. The number of methoxy groups -OCH3 is 2. The quantitative estimate of drug-likeness (QED) is 0.270. The first-order valence-corrected chi connectivity index (χ1v) is 13.9. The zero-order chi connectivity index (χ0) is 24.5. The second kappa shape index (κ2) is 13.1. The van der Waals surface area contributed by atoms with Crippen molar-refractivity contribution >= 4 is 23.4 Å². The molecule has 4 rings (SSSR count). The number of ether oxygens (including phenoxy) is 3. The molecule has 0 bridgehead atoms. The van der Waals surface area contributed by atoms with Crippen LogP contribution in [0.1, 0.15) is 54.1 Å².